The Labute approximate surface area is 117 Å². The van der Waals surface area contributed by atoms with Crippen molar-refractivity contribution < 1.29 is 9.59 Å². The second-order valence-electron chi connectivity index (χ2n) is 4.88. The van der Waals surface area contributed by atoms with Crippen LogP contribution in [0.1, 0.15) is 33.0 Å². The van der Waals surface area contributed by atoms with Crippen LogP contribution in [-0.4, -0.2) is 42.8 Å². The van der Waals surface area contributed by atoms with Crippen LogP contribution in [0.5, 0.6) is 0 Å². The van der Waals surface area contributed by atoms with Crippen LogP contribution in [-0.2, 0) is 4.79 Å². The Balaban J connectivity index is 1.86. The van der Waals surface area contributed by atoms with E-state index in [2.05, 4.69) is 5.32 Å². The number of Topliss-reactive ketones (excluding diaryl/α,β-unsaturated/α-hetero) is 1. The highest BCUT2D eigenvalue weighted by Crippen LogP contribution is 2.22. The molecule has 1 aliphatic heterocycles. The zero-order valence-corrected chi connectivity index (χ0v) is 12.3. The second kappa shape index (κ2) is 6.30. The molecule has 19 heavy (non-hydrogen) atoms. The zero-order chi connectivity index (χ0) is 13.8. The molecule has 0 spiro atoms. The molecule has 0 atom stereocenters. The Morgan fingerprint density at radius 1 is 1.26 bits per heavy atom. The van der Waals surface area contributed by atoms with Crippen molar-refractivity contribution in [2.45, 2.75) is 26.7 Å². The van der Waals surface area contributed by atoms with Crippen molar-refractivity contribution in [3.05, 3.63) is 21.4 Å². The van der Waals surface area contributed by atoms with Gasteiger partial charge in [-0.2, -0.15) is 0 Å². The molecule has 1 saturated heterocycles. The normalized spacial score (nSPS) is 15.6. The minimum absolute atomic E-state index is 0.0883. The number of aryl methyl sites for hydroxylation is 2. The van der Waals surface area contributed by atoms with Gasteiger partial charge >= 0.3 is 0 Å². The number of carbonyl (C=O) groups excluding carboxylic acids is 2. The van der Waals surface area contributed by atoms with Crippen LogP contribution >= 0.6 is 11.3 Å². The average molecular weight is 280 g/mol. The second-order valence-corrected chi connectivity index (χ2v) is 6.34. The molecule has 0 bridgehead atoms. The Morgan fingerprint density at radius 3 is 2.53 bits per heavy atom. The number of ketones is 1. The highest BCUT2D eigenvalue weighted by molar-refractivity contribution is 7.12. The first-order chi connectivity index (χ1) is 9.08. The Bertz CT molecular complexity index is 476. The van der Waals surface area contributed by atoms with Crippen molar-refractivity contribution in [3.63, 3.8) is 0 Å². The molecular formula is C14H20N2O2S. The molecule has 1 aromatic rings. The molecule has 1 N–H and O–H groups in total. The van der Waals surface area contributed by atoms with Crippen LogP contribution < -0.4 is 5.32 Å². The summed E-state index contributed by atoms with van der Waals surface area (Å²) < 4.78 is 0. The zero-order valence-electron chi connectivity index (χ0n) is 11.5. The molecule has 1 aliphatic rings. The summed E-state index contributed by atoms with van der Waals surface area (Å²) >= 11 is 1.64. The molecule has 2 rings (SSSR count). The highest BCUT2D eigenvalue weighted by Gasteiger charge is 2.18. The number of nitrogens with one attached hydrogen (secondary N) is 1. The fourth-order valence-electron chi connectivity index (χ4n) is 2.34. The van der Waals surface area contributed by atoms with Crippen molar-refractivity contribution in [3.8, 4) is 0 Å². The number of carbonyl (C=O) groups is 2. The van der Waals surface area contributed by atoms with E-state index >= 15 is 0 Å². The molecule has 0 aromatic carbocycles. The Hall–Kier alpha value is -1.20. The first-order valence-electron chi connectivity index (χ1n) is 6.66. The summed E-state index contributed by atoms with van der Waals surface area (Å²) in [5.41, 5.74) is 0.788. The number of hydrogen-bond acceptors (Lipinski definition) is 4. The molecule has 4 nitrogen and oxygen atoms in total. The molecule has 5 heteroatoms. The standard InChI is InChI=1S/C14H20N2O2S/c1-10-9-12(11(2)19-10)13(17)3-4-14(18)16-7-5-15-6-8-16/h9,15H,3-8H2,1-2H3. The fraction of sp³-hybridized carbons (Fsp3) is 0.571. The van der Waals surface area contributed by atoms with Gasteiger partial charge in [0.1, 0.15) is 0 Å². The molecule has 104 valence electrons. The van der Waals surface area contributed by atoms with Gasteiger partial charge < -0.3 is 10.2 Å². The van der Waals surface area contributed by atoms with Gasteiger partial charge in [-0.3, -0.25) is 9.59 Å². The maximum absolute atomic E-state index is 12.1. The van der Waals surface area contributed by atoms with Crippen LogP contribution in [0.25, 0.3) is 0 Å². The summed E-state index contributed by atoms with van der Waals surface area (Å²) in [4.78, 5) is 28.1. The van der Waals surface area contributed by atoms with Crippen LogP contribution in [0.3, 0.4) is 0 Å². The average Bonchev–Trinajstić information content (AvgIpc) is 2.75. The molecule has 0 radical (unpaired) electrons. The summed E-state index contributed by atoms with van der Waals surface area (Å²) in [6, 6.07) is 1.93. The number of rotatable bonds is 4. The lowest BCUT2D eigenvalue weighted by Gasteiger charge is -2.27. The van der Waals surface area contributed by atoms with Gasteiger partial charge in [0, 0.05) is 54.3 Å². The minimum Gasteiger partial charge on any atom is -0.340 e. The Morgan fingerprint density at radius 2 is 1.95 bits per heavy atom. The summed E-state index contributed by atoms with van der Waals surface area (Å²) in [6.45, 7) is 7.17. The van der Waals surface area contributed by atoms with Gasteiger partial charge in [-0.25, -0.2) is 0 Å². The van der Waals surface area contributed by atoms with E-state index in [1.54, 1.807) is 11.3 Å². The van der Waals surface area contributed by atoms with E-state index in [4.69, 9.17) is 0 Å². The van der Waals surface area contributed by atoms with E-state index in [-0.39, 0.29) is 11.7 Å². The van der Waals surface area contributed by atoms with Crippen molar-refractivity contribution >= 4 is 23.0 Å². The first kappa shape index (κ1) is 14.2. The minimum atomic E-state index is 0.0883. The smallest absolute Gasteiger partial charge is 0.223 e. The number of hydrogen-bond donors (Lipinski definition) is 1. The maximum atomic E-state index is 12.1. The van der Waals surface area contributed by atoms with Crippen molar-refractivity contribution in [1.29, 1.82) is 0 Å². The third kappa shape index (κ3) is 3.64. The van der Waals surface area contributed by atoms with E-state index in [0.29, 0.717) is 12.8 Å². The lowest BCUT2D eigenvalue weighted by Crippen LogP contribution is -2.46. The SMILES string of the molecule is Cc1cc(C(=O)CCC(=O)N2CCNCC2)c(C)s1. The molecule has 0 unspecified atom stereocenters. The van der Waals surface area contributed by atoms with Gasteiger partial charge in [0.05, 0.1) is 0 Å². The van der Waals surface area contributed by atoms with E-state index in [1.807, 2.05) is 24.8 Å². The summed E-state index contributed by atoms with van der Waals surface area (Å²) in [7, 11) is 0. The predicted molar refractivity (Wildman–Crippen MR) is 76.8 cm³/mol. The summed E-state index contributed by atoms with van der Waals surface area (Å²) in [5, 5.41) is 3.21. The predicted octanol–water partition coefficient (Wildman–Crippen LogP) is 1.76. The van der Waals surface area contributed by atoms with E-state index < -0.39 is 0 Å². The lowest BCUT2D eigenvalue weighted by molar-refractivity contribution is -0.131. The maximum Gasteiger partial charge on any atom is 0.223 e. The van der Waals surface area contributed by atoms with E-state index in [0.717, 1.165) is 41.5 Å². The third-order valence-corrected chi connectivity index (χ3v) is 4.34. The largest absolute Gasteiger partial charge is 0.340 e. The van der Waals surface area contributed by atoms with Gasteiger partial charge in [0.15, 0.2) is 5.78 Å². The van der Waals surface area contributed by atoms with Gasteiger partial charge in [-0.05, 0) is 19.9 Å². The first-order valence-corrected chi connectivity index (χ1v) is 7.48. The van der Waals surface area contributed by atoms with Crippen LogP contribution in [0, 0.1) is 13.8 Å². The Kier molecular flexibility index (Phi) is 4.71. The van der Waals surface area contributed by atoms with Gasteiger partial charge in [-0.1, -0.05) is 0 Å². The van der Waals surface area contributed by atoms with Crippen LogP contribution in [0.2, 0.25) is 0 Å². The number of nitrogens with zero attached hydrogens (tertiary/aromatic N) is 1. The van der Waals surface area contributed by atoms with Gasteiger partial charge in [-0.15, -0.1) is 11.3 Å². The molecular weight excluding hydrogens is 260 g/mol. The topological polar surface area (TPSA) is 49.4 Å². The summed E-state index contributed by atoms with van der Waals surface area (Å²) in [6.07, 6.45) is 0.646. The summed E-state index contributed by atoms with van der Waals surface area (Å²) in [5.74, 6) is 0.185. The molecule has 1 aromatic heterocycles. The lowest BCUT2D eigenvalue weighted by atomic mass is 10.1. The van der Waals surface area contributed by atoms with Crippen molar-refractivity contribution in [1.82, 2.24) is 10.2 Å². The molecule has 0 saturated carbocycles. The van der Waals surface area contributed by atoms with Crippen LogP contribution in [0.4, 0.5) is 0 Å². The quantitative estimate of drug-likeness (QED) is 0.855. The monoisotopic (exact) mass is 280 g/mol. The molecule has 1 fully saturated rings. The van der Waals surface area contributed by atoms with Crippen LogP contribution in [0.15, 0.2) is 6.07 Å². The van der Waals surface area contributed by atoms with Gasteiger partial charge in [0.25, 0.3) is 0 Å². The highest BCUT2D eigenvalue weighted by atomic mass is 32.1. The number of thiophene rings is 1. The number of amides is 1. The molecule has 0 aliphatic carbocycles. The van der Waals surface area contributed by atoms with Crippen molar-refractivity contribution in [2.24, 2.45) is 0 Å². The van der Waals surface area contributed by atoms with Gasteiger partial charge in [0.2, 0.25) is 5.91 Å². The molecule has 1 amide bonds. The fourth-order valence-corrected chi connectivity index (χ4v) is 3.28. The molecule has 2 heterocycles. The third-order valence-electron chi connectivity index (χ3n) is 3.38. The van der Waals surface area contributed by atoms with E-state index in [9.17, 15) is 9.59 Å². The van der Waals surface area contributed by atoms with Crippen molar-refractivity contribution in [2.75, 3.05) is 26.2 Å². The van der Waals surface area contributed by atoms with E-state index in [1.165, 1.54) is 0 Å². The number of piperazine rings is 1.